The molecule has 0 unspecified atom stereocenters. The van der Waals surface area contributed by atoms with Crippen LogP contribution in [0, 0.1) is 5.92 Å². The molecule has 7 heteroatoms. The molecular weight excluding hydrogens is 358 g/mol. The minimum absolute atomic E-state index is 0.146. The average molecular weight is 386 g/mol. The Labute approximate surface area is 164 Å². The van der Waals surface area contributed by atoms with Crippen molar-refractivity contribution in [3.63, 3.8) is 0 Å². The van der Waals surface area contributed by atoms with Crippen molar-refractivity contribution in [2.45, 2.75) is 38.5 Å². The van der Waals surface area contributed by atoms with E-state index in [-0.39, 0.29) is 5.91 Å². The molecule has 0 saturated carbocycles. The number of hydrogen-bond acceptors (Lipinski definition) is 6. The first-order valence-corrected chi connectivity index (χ1v) is 10.7. The maximum atomic E-state index is 12.5. The third kappa shape index (κ3) is 4.47. The molecule has 2 aromatic heterocycles. The summed E-state index contributed by atoms with van der Waals surface area (Å²) in [6.07, 6.45) is 8.26. The first-order chi connectivity index (χ1) is 13.2. The molecule has 0 bridgehead atoms. The van der Waals surface area contributed by atoms with Crippen molar-refractivity contribution in [2.24, 2.45) is 5.92 Å². The molecule has 0 spiro atoms. The highest BCUT2D eigenvalue weighted by Gasteiger charge is 2.19. The Kier molecular flexibility index (Phi) is 5.69. The molecule has 4 rings (SSSR count). The molecule has 144 valence electrons. The predicted molar refractivity (Wildman–Crippen MR) is 110 cm³/mol. The molecule has 4 heterocycles. The summed E-state index contributed by atoms with van der Waals surface area (Å²) in [6.45, 7) is 6.49. The highest BCUT2D eigenvalue weighted by atomic mass is 32.1. The van der Waals surface area contributed by atoms with Gasteiger partial charge in [0.05, 0.1) is 5.56 Å². The van der Waals surface area contributed by atoms with Crippen molar-refractivity contribution in [2.75, 3.05) is 36.4 Å². The van der Waals surface area contributed by atoms with E-state index in [2.05, 4.69) is 32.4 Å². The van der Waals surface area contributed by atoms with Gasteiger partial charge >= 0.3 is 0 Å². The molecule has 2 aliphatic rings. The predicted octanol–water partition coefficient (Wildman–Crippen LogP) is 3.49. The number of amides is 1. The van der Waals surface area contributed by atoms with Gasteiger partial charge in [-0.1, -0.05) is 6.92 Å². The minimum atomic E-state index is -0.146. The van der Waals surface area contributed by atoms with Crippen LogP contribution in [0.4, 0.5) is 10.9 Å². The van der Waals surface area contributed by atoms with E-state index in [1.165, 1.54) is 17.7 Å². The second-order valence-electron chi connectivity index (χ2n) is 7.62. The lowest BCUT2D eigenvalue weighted by Crippen LogP contribution is -2.33. The molecule has 0 aliphatic carbocycles. The van der Waals surface area contributed by atoms with Crippen LogP contribution < -0.4 is 15.5 Å². The van der Waals surface area contributed by atoms with Gasteiger partial charge in [-0.25, -0.2) is 9.97 Å². The first-order valence-electron chi connectivity index (χ1n) is 9.88. The number of pyridine rings is 1. The lowest BCUT2D eigenvalue weighted by Gasteiger charge is -2.31. The van der Waals surface area contributed by atoms with Gasteiger partial charge in [-0.15, -0.1) is 11.3 Å². The molecule has 2 aromatic rings. The van der Waals surface area contributed by atoms with Gasteiger partial charge in [0, 0.05) is 30.4 Å². The number of anilines is 2. The Morgan fingerprint density at radius 1 is 1.15 bits per heavy atom. The zero-order valence-corrected chi connectivity index (χ0v) is 16.6. The number of piperidine rings is 2. The third-order valence-electron chi connectivity index (χ3n) is 5.60. The van der Waals surface area contributed by atoms with Gasteiger partial charge in [-0.3, -0.25) is 10.1 Å². The van der Waals surface area contributed by atoms with Gasteiger partial charge < -0.3 is 10.2 Å². The molecule has 0 aromatic carbocycles. The van der Waals surface area contributed by atoms with Crippen LogP contribution >= 0.6 is 11.3 Å². The first kappa shape index (κ1) is 18.4. The van der Waals surface area contributed by atoms with E-state index in [1.807, 2.05) is 18.3 Å². The standard InChI is InChI=1S/C20H27N5OS/c1-14-6-10-25(11-7-14)18-3-2-16(12-22-18)19(26)24-20-23-13-17(27-20)15-4-8-21-9-5-15/h2-3,12-15,21H,4-11H2,1H3,(H,23,24,26). The van der Waals surface area contributed by atoms with Crippen LogP contribution in [0.5, 0.6) is 0 Å². The van der Waals surface area contributed by atoms with Crippen molar-refractivity contribution >= 4 is 28.2 Å². The Bertz CT molecular complexity index is 761. The van der Waals surface area contributed by atoms with E-state index in [0.717, 1.165) is 50.8 Å². The molecule has 2 saturated heterocycles. The summed E-state index contributed by atoms with van der Waals surface area (Å²) in [5.41, 5.74) is 0.572. The van der Waals surface area contributed by atoms with E-state index >= 15 is 0 Å². The van der Waals surface area contributed by atoms with Crippen molar-refractivity contribution in [1.82, 2.24) is 15.3 Å². The summed E-state index contributed by atoms with van der Waals surface area (Å²) in [4.78, 5) is 25.0. The van der Waals surface area contributed by atoms with Crippen molar-refractivity contribution < 1.29 is 4.79 Å². The average Bonchev–Trinajstić information content (AvgIpc) is 3.18. The minimum Gasteiger partial charge on any atom is -0.357 e. The summed E-state index contributed by atoms with van der Waals surface area (Å²) in [5.74, 6) is 2.16. The molecule has 0 atom stereocenters. The van der Waals surface area contributed by atoms with E-state index in [1.54, 1.807) is 17.5 Å². The van der Waals surface area contributed by atoms with Gasteiger partial charge in [0.1, 0.15) is 5.82 Å². The topological polar surface area (TPSA) is 70.2 Å². The summed E-state index contributed by atoms with van der Waals surface area (Å²) >= 11 is 1.59. The Hall–Kier alpha value is -1.99. The van der Waals surface area contributed by atoms with Crippen LogP contribution in [-0.4, -0.2) is 42.1 Å². The fourth-order valence-electron chi connectivity index (χ4n) is 3.75. The monoisotopic (exact) mass is 385 g/mol. The Morgan fingerprint density at radius 2 is 1.93 bits per heavy atom. The fourth-order valence-corrected chi connectivity index (χ4v) is 4.73. The molecule has 2 fully saturated rings. The van der Waals surface area contributed by atoms with E-state index in [9.17, 15) is 4.79 Å². The number of carbonyl (C=O) groups is 1. The summed E-state index contributed by atoms with van der Waals surface area (Å²) < 4.78 is 0. The number of hydrogen-bond donors (Lipinski definition) is 2. The van der Waals surface area contributed by atoms with E-state index in [4.69, 9.17) is 0 Å². The number of carbonyl (C=O) groups excluding carboxylic acids is 1. The van der Waals surface area contributed by atoms with Gasteiger partial charge in [0.2, 0.25) is 0 Å². The normalized spacial score (nSPS) is 19.2. The lowest BCUT2D eigenvalue weighted by molar-refractivity contribution is 0.102. The number of nitrogens with one attached hydrogen (secondary N) is 2. The Morgan fingerprint density at radius 3 is 2.63 bits per heavy atom. The molecule has 1 amide bonds. The maximum absolute atomic E-state index is 12.5. The molecule has 0 radical (unpaired) electrons. The van der Waals surface area contributed by atoms with Crippen LogP contribution in [0.3, 0.4) is 0 Å². The summed E-state index contributed by atoms with van der Waals surface area (Å²) in [6, 6.07) is 3.81. The highest BCUT2D eigenvalue weighted by Crippen LogP contribution is 2.31. The highest BCUT2D eigenvalue weighted by molar-refractivity contribution is 7.15. The van der Waals surface area contributed by atoms with Crippen LogP contribution in [-0.2, 0) is 0 Å². The van der Waals surface area contributed by atoms with Crippen molar-refractivity contribution in [3.8, 4) is 0 Å². The number of rotatable bonds is 4. The van der Waals surface area contributed by atoms with Crippen LogP contribution in [0.2, 0.25) is 0 Å². The molecule has 27 heavy (non-hydrogen) atoms. The van der Waals surface area contributed by atoms with Gasteiger partial charge in [-0.2, -0.15) is 0 Å². The zero-order chi connectivity index (χ0) is 18.6. The van der Waals surface area contributed by atoms with Crippen LogP contribution in [0.15, 0.2) is 24.5 Å². The van der Waals surface area contributed by atoms with E-state index in [0.29, 0.717) is 16.6 Å². The second-order valence-corrected chi connectivity index (χ2v) is 8.68. The van der Waals surface area contributed by atoms with Crippen LogP contribution in [0.1, 0.15) is 53.8 Å². The summed E-state index contributed by atoms with van der Waals surface area (Å²) in [5, 5.41) is 6.97. The van der Waals surface area contributed by atoms with Crippen molar-refractivity contribution in [1.29, 1.82) is 0 Å². The molecule has 6 nitrogen and oxygen atoms in total. The van der Waals surface area contributed by atoms with Gasteiger partial charge in [0.15, 0.2) is 5.13 Å². The second kappa shape index (κ2) is 8.35. The number of nitrogens with zero attached hydrogens (tertiary/aromatic N) is 3. The quantitative estimate of drug-likeness (QED) is 0.843. The smallest absolute Gasteiger partial charge is 0.259 e. The van der Waals surface area contributed by atoms with E-state index < -0.39 is 0 Å². The fraction of sp³-hybridized carbons (Fsp3) is 0.550. The number of aromatic nitrogens is 2. The zero-order valence-electron chi connectivity index (χ0n) is 15.8. The molecule has 2 N–H and O–H groups in total. The summed E-state index contributed by atoms with van der Waals surface area (Å²) in [7, 11) is 0. The molecule has 2 aliphatic heterocycles. The Balaban J connectivity index is 1.36. The van der Waals surface area contributed by atoms with Gasteiger partial charge in [0.25, 0.3) is 5.91 Å². The van der Waals surface area contributed by atoms with Crippen molar-refractivity contribution in [3.05, 3.63) is 35.0 Å². The maximum Gasteiger partial charge on any atom is 0.259 e. The largest absolute Gasteiger partial charge is 0.357 e. The van der Waals surface area contributed by atoms with Crippen LogP contribution in [0.25, 0.3) is 0 Å². The SMILES string of the molecule is CC1CCN(c2ccc(C(=O)Nc3ncc(C4CCNCC4)s3)cn2)CC1. The molecular formula is C20H27N5OS. The van der Waals surface area contributed by atoms with Gasteiger partial charge in [-0.05, 0) is 62.7 Å². The third-order valence-corrected chi connectivity index (χ3v) is 6.68. The lowest BCUT2D eigenvalue weighted by atomic mass is 9.97. The number of thiazole rings is 1.